The van der Waals surface area contributed by atoms with Gasteiger partial charge in [-0.25, -0.2) is 4.98 Å². The summed E-state index contributed by atoms with van der Waals surface area (Å²) in [6.45, 7) is 6.03. The van der Waals surface area contributed by atoms with Crippen molar-refractivity contribution in [3.05, 3.63) is 16.1 Å². The predicted octanol–water partition coefficient (Wildman–Crippen LogP) is 2.33. The lowest BCUT2D eigenvalue weighted by molar-refractivity contribution is 0.0159. The number of nitrogens with zero attached hydrogens (tertiary/aromatic N) is 1. The number of aryl methyl sites for hydroxylation is 1. The van der Waals surface area contributed by atoms with Crippen molar-refractivity contribution >= 4 is 11.3 Å². The first kappa shape index (κ1) is 8.68. The monoisotopic (exact) mass is 171 g/mol. The Hall–Kier alpha value is -0.410. The third-order valence-electron chi connectivity index (χ3n) is 1.75. The van der Waals surface area contributed by atoms with Crippen LogP contribution in [0.4, 0.5) is 0 Å². The second-order valence-electron chi connectivity index (χ2n) is 2.97. The van der Waals surface area contributed by atoms with E-state index in [4.69, 9.17) is 4.74 Å². The zero-order valence-electron chi connectivity index (χ0n) is 7.34. The molecule has 62 valence electrons. The number of ether oxygens (including phenoxy) is 1. The third kappa shape index (κ3) is 1.79. The molecule has 1 aromatic heterocycles. The SMILES string of the molecule is COC(C)(C)c1csc(C)n1. The van der Waals surface area contributed by atoms with E-state index in [1.807, 2.05) is 26.2 Å². The van der Waals surface area contributed by atoms with Crippen LogP contribution in [0.15, 0.2) is 5.38 Å². The molecule has 0 amide bonds. The van der Waals surface area contributed by atoms with Crippen molar-refractivity contribution < 1.29 is 4.74 Å². The zero-order valence-corrected chi connectivity index (χ0v) is 8.16. The fraction of sp³-hybridized carbons (Fsp3) is 0.625. The maximum absolute atomic E-state index is 5.28. The lowest BCUT2D eigenvalue weighted by atomic mass is 10.1. The fourth-order valence-corrected chi connectivity index (χ4v) is 1.51. The number of hydrogen-bond donors (Lipinski definition) is 0. The maximum Gasteiger partial charge on any atom is 0.105 e. The second kappa shape index (κ2) is 2.91. The van der Waals surface area contributed by atoms with Crippen LogP contribution in [0.25, 0.3) is 0 Å². The van der Waals surface area contributed by atoms with Crippen LogP contribution in [0.5, 0.6) is 0 Å². The Morgan fingerprint density at radius 1 is 1.55 bits per heavy atom. The Bertz CT molecular complexity index is 242. The molecule has 0 aliphatic carbocycles. The van der Waals surface area contributed by atoms with Gasteiger partial charge in [0.2, 0.25) is 0 Å². The minimum Gasteiger partial charge on any atom is -0.372 e. The van der Waals surface area contributed by atoms with Crippen LogP contribution in [0.3, 0.4) is 0 Å². The third-order valence-corrected chi connectivity index (χ3v) is 2.52. The summed E-state index contributed by atoms with van der Waals surface area (Å²) in [5.74, 6) is 0. The van der Waals surface area contributed by atoms with Gasteiger partial charge in [0.05, 0.1) is 10.7 Å². The Balaban J connectivity index is 2.92. The molecule has 0 unspecified atom stereocenters. The first-order valence-electron chi connectivity index (χ1n) is 3.54. The van der Waals surface area contributed by atoms with Crippen LogP contribution in [-0.2, 0) is 10.3 Å². The van der Waals surface area contributed by atoms with Gasteiger partial charge in [-0.15, -0.1) is 11.3 Å². The van der Waals surface area contributed by atoms with Gasteiger partial charge in [-0.05, 0) is 20.8 Å². The molecule has 0 spiro atoms. The van der Waals surface area contributed by atoms with E-state index in [2.05, 4.69) is 4.98 Å². The van der Waals surface area contributed by atoms with Gasteiger partial charge in [0.15, 0.2) is 0 Å². The highest BCUT2D eigenvalue weighted by atomic mass is 32.1. The molecule has 11 heavy (non-hydrogen) atoms. The summed E-state index contributed by atoms with van der Waals surface area (Å²) in [6.07, 6.45) is 0. The van der Waals surface area contributed by atoms with Gasteiger partial charge in [0.1, 0.15) is 5.60 Å². The predicted molar refractivity (Wildman–Crippen MR) is 46.9 cm³/mol. The molecule has 0 aliphatic heterocycles. The Labute approximate surface area is 71.2 Å². The minimum atomic E-state index is -0.245. The van der Waals surface area contributed by atoms with Crippen molar-refractivity contribution in [3.63, 3.8) is 0 Å². The molecule has 0 saturated carbocycles. The number of hydrogen-bond acceptors (Lipinski definition) is 3. The molecule has 0 aromatic carbocycles. The van der Waals surface area contributed by atoms with E-state index in [1.54, 1.807) is 18.4 Å². The van der Waals surface area contributed by atoms with E-state index in [0.29, 0.717) is 0 Å². The quantitative estimate of drug-likeness (QED) is 0.681. The van der Waals surface area contributed by atoms with Gasteiger partial charge < -0.3 is 4.74 Å². The maximum atomic E-state index is 5.28. The molecule has 0 saturated heterocycles. The van der Waals surface area contributed by atoms with Crippen molar-refractivity contribution in [3.8, 4) is 0 Å². The topological polar surface area (TPSA) is 22.1 Å². The zero-order chi connectivity index (χ0) is 8.48. The molecule has 0 radical (unpaired) electrons. The largest absolute Gasteiger partial charge is 0.372 e. The van der Waals surface area contributed by atoms with Gasteiger partial charge in [-0.3, -0.25) is 0 Å². The molecule has 0 N–H and O–H groups in total. The molecular weight excluding hydrogens is 158 g/mol. The van der Waals surface area contributed by atoms with Gasteiger partial charge in [0, 0.05) is 12.5 Å². The van der Waals surface area contributed by atoms with Crippen LogP contribution in [0.2, 0.25) is 0 Å². The highest BCUT2D eigenvalue weighted by Crippen LogP contribution is 2.24. The van der Waals surface area contributed by atoms with Crippen LogP contribution >= 0.6 is 11.3 Å². The molecular formula is C8H13NOS. The second-order valence-corrected chi connectivity index (χ2v) is 4.03. The lowest BCUT2D eigenvalue weighted by Gasteiger charge is -2.19. The number of thiazole rings is 1. The standard InChI is InChI=1S/C8H13NOS/c1-6-9-7(5-11-6)8(2,3)10-4/h5H,1-4H3. The molecule has 0 fully saturated rings. The van der Waals surface area contributed by atoms with Crippen LogP contribution in [0, 0.1) is 6.92 Å². The summed E-state index contributed by atoms with van der Waals surface area (Å²) < 4.78 is 5.28. The molecule has 1 heterocycles. The van der Waals surface area contributed by atoms with Gasteiger partial charge >= 0.3 is 0 Å². The molecule has 0 aliphatic rings. The van der Waals surface area contributed by atoms with Gasteiger partial charge in [0.25, 0.3) is 0 Å². The number of methoxy groups -OCH3 is 1. The van der Waals surface area contributed by atoms with Crippen LogP contribution in [-0.4, -0.2) is 12.1 Å². The van der Waals surface area contributed by atoms with Crippen molar-refractivity contribution in [1.82, 2.24) is 4.98 Å². The summed E-state index contributed by atoms with van der Waals surface area (Å²) in [5, 5.41) is 3.13. The fourth-order valence-electron chi connectivity index (χ4n) is 0.745. The van der Waals surface area contributed by atoms with E-state index in [9.17, 15) is 0 Å². The van der Waals surface area contributed by atoms with Crippen molar-refractivity contribution in [2.45, 2.75) is 26.4 Å². The van der Waals surface area contributed by atoms with E-state index in [1.165, 1.54) is 0 Å². The van der Waals surface area contributed by atoms with Crippen molar-refractivity contribution in [2.24, 2.45) is 0 Å². The highest BCUT2D eigenvalue weighted by molar-refractivity contribution is 7.09. The molecule has 1 rings (SSSR count). The van der Waals surface area contributed by atoms with Crippen molar-refractivity contribution in [2.75, 3.05) is 7.11 Å². The first-order valence-corrected chi connectivity index (χ1v) is 4.42. The van der Waals surface area contributed by atoms with E-state index in [-0.39, 0.29) is 5.60 Å². The Kier molecular flexibility index (Phi) is 2.30. The summed E-state index contributed by atoms with van der Waals surface area (Å²) >= 11 is 1.66. The molecule has 1 aromatic rings. The number of aromatic nitrogens is 1. The average molecular weight is 171 g/mol. The Morgan fingerprint density at radius 2 is 2.18 bits per heavy atom. The highest BCUT2D eigenvalue weighted by Gasteiger charge is 2.21. The van der Waals surface area contributed by atoms with E-state index >= 15 is 0 Å². The average Bonchev–Trinajstić information content (AvgIpc) is 2.36. The Morgan fingerprint density at radius 3 is 2.55 bits per heavy atom. The number of rotatable bonds is 2. The first-order chi connectivity index (χ1) is 5.06. The molecule has 3 heteroatoms. The van der Waals surface area contributed by atoms with Gasteiger partial charge in [-0.1, -0.05) is 0 Å². The van der Waals surface area contributed by atoms with Crippen molar-refractivity contribution in [1.29, 1.82) is 0 Å². The molecule has 2 nitrogen and oxygen atoms in total. The summed E-state index contributed by atoms with van der Waals surface area (Å²) in [7, 11) is 1.70. The van der Waals surface area contributed by atoms with Crippen LogP contribution < -0.4 is 0 Å². The lowest BCUT2D eigenvalue weighted by Crippen LogP contribution is -2.19. The van der Waals surface area contributed by atoms with Crippen LogP contribution in [0.1, 0.15) is 24.5 Å². The summed E-state index contributed by atoms with van der Waals surface area (Å²) in [4.78, 5) is 4.35. The molecule has 0 atom stereocenters. The normalized spacial score (nSPS) is 12.0. The van der Waals surface area contributed by atoms with Gasteiger partial charge in [-0.2, -0.15) is 0 Å². The minimum absolute atomic E-state index is 0.245. The van der Waals surface area contributed by atoms with E-state index in [0.717, 1.165) is 10.7 Å². The summed E-state index contributed by atoms with van der Waals surface area (Å²) in [5.41, 5.74) is 0.771. The smallest absolute Gasteiger partial charge is 0.105 e. The molecule has 0 bridgehead atoms. The summed E-state index contributed by atoms with van der Waals surface area (Å²) in [6, 6.07) is 0. The van der Waals surface area contributed by atoms with E-state index < -0.39 is 0 Å².